The molecule has 2 aliphatic carbocycles. The number of hydrogen-bond donors (Lipinski definition) is 3. The molecule has 1 saturated carbocycles. The zero-order valence-electron chi connectivity index (χ0n) is 18.7. The van der Waals surface area contributed by atoms with Crippen molar-refractivity contribution in [2.75, 3.05) is 6.61 Å². The second kappa shape index (κ2) is 9.97. The summed E-state index contributed by atoms with van der Waals surface area (Å²) in [5.41, 5.74) is 3.87. The summed E-state index contributed by atoms with van der Waals surface area (Å²) in [5.74, 6) is -3.38. The fourth-order valence-corrected chi connectivity index (χ4v) is 4.93. The maximum atomic E-state index is 13.1. The highest BCUT2D eigenvalue weighted by Crippen LogP contribution is 2.44. The number of benzene rings is 2. The van der Waals surface area contributed by atoms with Gasteiger partial charge in [-0.05, 0) is 35.1 Å². The third-order valence-electron chi connectivity index (χ3n) is 6.55. The van der Waals surface area contributed by atoms with E-state index in [0.29, 0.717) is 19.3 Å². The normalized spacial score (nSPS) is 20.0. The van der Waals surface area contributed by atoms with Crippen molar-refractivity contribution in [1.29, 1.82) is 0 Å². The fraction of sp³-hybridized carbons (Fsp3) is 0.400. The molecule has 0 aromatic heterocycles. The minimum Gasteiger partial charge on any atom is -0.481 e. The number of alkyl carbamates (subject to hydrolysis) is 1. The quantitative estimate of drug-likeness (QED) is 0.539. The Kier molecular flexibility index (Phi) is 7.00. The number of fused-ring (bicyclic) bond motifs is 3. The molecule has 0 bridgehead atoms. The van der Waals surface area contributed by atoms with Gasteiger partial charge >= 0.3 is 18.2 Å². The van der Waals surface area contributed by atoms with E-state index in [1.165, 1.54) is 0 Å². The van der Waals surface area contributed by atoms with Crippen LogP contribution in [0.2, 0.25) is 0 Å². The van der Waals surface area contributed by atoms with Crippen molar-refractivity contribution >= 4 is 18.0 Å². The Morgan fingerprint density at radius 2 is 1.60 bits per heavy atom. The number of ether oxygens (including phenoxy) is 1. The molecule has 0 spiro atoms. The topological polar surface area (TPSA) is 105 Å². The van der Waals surface area contributed by atoms with E-state index in [4.69, 9.17) is 4.74 Å². The van der Waals surface area contributed by atoms with Crippen molar-refractivity contribution < 1.29 is 37.4 Å². The first-order chi connectivity index (χ1) is 16.6. The largest absolute Gasteiger partial charge is 0.481 e. The smallest absolute Gasteiger partial charge is 0.407 e. The number of halogens is 3. The summed E-state index contributed by atoms with van der Waals surface area (Å²) in [6.45, 7) is -0.121. The van der Waals surface area contributed by atoms with Crippen molar-refractivity contribution in [3.05, 3.63) is 59.7 Å². The van der Waals surface area contributed by atoms with Crippen LogP contribution in [0.4, 0.5) is 18.0 Å². The third kappa shape index (κ3) is 5.58. The maximum absolute atomic E-state index is 13.1. The maximum Gasteiger partial charge on any atom is 0.407 e. The van der Waals surface area contributed by atoms with E-state index < -0.39 is 48.6 Å². The van der Waals surface area contributed by atoms with Crippen LogP contribution < -0.4 is 10.6 Å². The number of carboxylic acid groups (broad SMARTS) is 1. The molecule has 4 rings (SSSR count). The Morgan fingerprint density at radius 1 is 1.00 bits per heavy atom. The molecule has 3 atom stereocenters. The van der Waals surface area contributed by atoms with E-state index in [-0.39, 0.29) is 12.5 Å². The molecular formula is C25H25F3N2O5. The average Bonchev–Trinajstić information content (AvgIpc) is 3.39. The van der Waals surface area contributed by atoms with Gasteiger partial charge in [0, 0.05) is 12.0 Å². The van der Waals surface area contributed by atoms with E-state index in [1.807, 2.05) is 53.8 Å². The highest BCUT2D eigenvalue weighted by molar-refractivity contribution is 5.86. The molecule has 0 saturated heterocycles. The Morgan fingerprint density at radius 3 is 2.17 bits per heavy atom. The first-order valence-electron chi connectivity index (χ1n) is 11.4. The van der Waals surface area contributed by atoms with Gasteiger partial charge < -0.3 is 20.5 Å². The van der Waals surface area contributed by atoms with Gasteiger partial charge in [-0.25, -0.2) is 4.79 Å². The lowest BCUT2D eigenvalue weighted by Crippen LogP contribution is -2.52. The molecule has 7 nitrogen and oxygen atoms in total. The van der Waals surface area contributed by atoms with Gasteiger partial charge in [-0.15, -0.1) is 0 Å². The minimum atomic E-state index is -4.74. The Hall–Kier alpha value is -3.56. The molecule has 2 aromatic rings. The Bertz CT molecular complexity index is 1070. The lowest BCUT2D eigenvalue weighted by atomic mass is 9.98. The summed E-state index contributed by atoms with van der Waals surface area (Å²) >= 11 is 0. The van der Waals surface area contributed by atoms with E-state index in [9.17, 15) is 32.7 Å². The molecule has 0 aliphatic heterocycles. The second-order valence-electron chi connectivity index (χ2n) is 8.83. The van der Waals surface area contributed by atoms with Crippen LogP contribution in [-0.4, -0.2) is 47.9 Å². The molecule has 0 heterocycles. The van der Waals surface area contributed by atoms with Crippen molar-refractivity contribution in [3.8, 4) is 11.1 Å². The van der Waals surface area contributed by atoms with E-state index in [2.05, 4.69) is 5.32 Å². The number of amides is 2. The molecule has 35 heavy (non-hydrogen) atoms. The monoisotopic (exact) mass is 490 g/mol. The van der Waals surface area contributed by atoms with Crippen molar-refractivity contribution in [1.82, 2.24) is 10.6 Å². The zero-order chi connectivity index (χ0) is 25.2. The molecule has 10 heteroatoms. The van der Waals surface area contributed by atoms with E-state index in [1.54, 1.807) is 0 Å². The molecule has 2 aromatic carbocycles. The zero-order valence-corrected chi connectivity index (χ0v) is 18.7. The number of carbonyl (C=O) groups excluding carboxylic acids is 2. The predicted molar refractivity (Wildman–Crippen MR) is 120 cm³/mol. The van der Waals surface area contributed by atoms with Crippen molar-refractivity contribution in [2.45, 2.75) is 49.9 Å². The summed E-state index contributed by atoms with van der Waals surface area (Å²) < 4.78 is 44.7. The average molecular weight is 490 g/mol. The second-order valence-corrected chi connectivity index (χ2v) is 8.83. The summed E-state index contributed by atoms with van der Waals surface area (Å²) in [4.78, 5) is 36.4. The van der Waals surface area contributed by atoms with Gasteiger partial charge in [0.1, 0.15) is 12.6 Å². The minimum absolute atomic E-state index is 0.121. The van der Waals surface area contributed by atoms with Gasteiger partial charge in [0.15, 0.2) is 0 Å². The standard InChI is InChI=1S/C25H25F3N2O5/c26-25(27,28)12-21(22(31)29-20-11-5-10-18(20)23(32)33)30-24(34)35-13-19-16-8-3-1-6-14(16)15-7-2-4-9-17(15)19/h1-4,6-9,18-21H,5,10-13H2,(H,29,31)(H,30,34)(H,32,33)/t18-,20+,21?/m0/s1. The highest BCUT2D eigenvalue weighted by atomic mass is 19.4. The molecule has 2 amide bonds. The van der Waals surface area contributed by atoms with Gasteiger partial charge in [0.05, 0.1) is 12.3 Å². The first-order valence-corrected chi connectivity index (χ1v) is 11.4. The van der Waals surface area contributed by atoms with Gasteiger partial charge in [0.25, 0.3) is 0 Å². The summed E-state index contributed by atoms with van der Waals surface area (Å²) in [7, 11) is 0. The predicted octanol–water partition coefficient (Wildman–Crippen LogP) is 4.22. The molecule has 2 aliphatic rings. The lowest BCUT2D eigenvalue weighted by Gasteiger charge is -2.24. The number of carboxylic acids is 1. The van der Waals surface area contributed by atoms with Crippen molar-refractivity contribution in [3.63, 3.8) is 0 Å². The van der Waals surface area contributed by atoms with Crippen LogP contribution in [-0.2, 0) is 14.3 Å². The Balaban J connectivity index is 1.42. The number of aliphatic carboxylic acids is 1. The third-order valence-corrected chi connectivity index (χ3v) is 6.55. The van der Waals surface area contributed by atoms with Crippen LogP contribution >= 0.6 is 0 Å². The van der Waals surface area contributed by atoms with Crippen LogP contribution in [0.3, 0.4) is 0 Å². The van der Waals surface area contributed by atoms with Gasteiger partial charge in [-0.2, -0.15) is 13.2 Å². The molecular weight excluding hydrogens is 465 g/mol. The number of alkyl halides is 3. The van der Waals surface area contributed by atoms with Gasteiger partial charge in [0.2, 0.25) is 5.91 Å². The Labute approximate surface area is 199 Å². The molecule has 3 N–H and O–H groups in total. The van der Waals surface area contributed by atoms with Crippen molar-refractivity contribution in [2.24, 2.45) is 5.92 Å². The van der Waals surface area contributed by atoms with Crippen LogP contribution in [0.1, 0.15) is 42.7 Å². The molecule has 1 fully saturated rings. The van der Waals surface area contributed by atoms with E-state index >= 15 is 0 Å². The van der Waals surface area contributed by atoms with E-state index in [0.717, 1.165) is 22.3 Å². The first kappa shape index (κ1) is 24.6. The lowest BCUT2D eigenvalue weighted by molar-refractivity contribution is -0.150. The number of hydrogen-bond acceptors (Lipinski definition) is 4. The number of carbonyl (C=O) groups is 3. The number of rotatable bonds is 7. The van der Waals surface area contributed by atoms with Gasteiger partial charge in [-0.3, -0.25) is 9.59 Å². The molecule has 0 radical (unpaired) electrons. The summed E-state index contributed by atoms with van der Waals surface area (Å²) in [6.07, 6.45) is -6.30. The van der Waals surface area contributed by atoms with Crippen LogP contribution in [0, 0.1) is 5.92 Å². The highest BCUT2D eigenvalue weighted by Gasteiger charge is 2.40. The molecule has 186 valence electrons. The molecule has 1 unspecified atom stereocenters. The van der Waals surface area contributed by atoms with Crippen LogP contribution in [0.25, 0.3) is 11.1 Å². The van der Waals surface area contributed by atoms with Crippen LogP contribution in [0.15, 0.2) is 48.5 Å². The summed E-state index contributed by atoms with van der Waals surface area (Å²) in [6, 6.07) is 12.5. The van der Waals surface area contributed by atoms with Gasteiger partial charge in [-0.1, -0.05) is 55.0 Å². The number of nitrogens with one attached hydrogen (secondary N) is 2. The van der Waals surface area contributed by atoms with Crippen LogP contribution in [0.5, 0.6) is 0 Å². The SMILES string of the molecule is O=C(NC(CC(F)(F)F)C(=O)N[C@@H]1CCC[C@@H]1C(=O)O)OCC1c2ccccc2-c2ccccc21. The summed E-state index contributed by atoms with van der Waals surface area (Å²) in [5, 5.41) is 13.7. The fourth-order valence-electron chi connectivity index (χ4n) is 4.93.